The number of rotatable bonds is 5. The molecule has 0 unspecified atom stereocenters. The molecule has 0 radical (unpaired) electrons. The quantitative estimate of drug-likeness (QED) is 0.860. The van der Waals surface area contributed by atoms with Gasteiger partial charge >= 0.3 is 0 Å². The van der Waals surface area contributed by atoms with Gasteiger partial charge in [0.05, 0.1) is 16.3 Å². The Morgan fingerprint density at radius 1 is 1.33 bits per heavy atom. The van der Waals surface area contributed by atoms with Crippen LogP contribution in [-0.4, -0.2) is 20.7 Å². The Labute approximate surface area is 129 Å². The Kier molecular flexibility index (Phi) is 3.67. The number of hydrogen-bond acceptors (Lipinski definition) is 5. The van der Waals surface area contributed by atoms with E-state index in [1.54, 1.807) is 23.5 Å². The minimum atomic E-state index is -3.31. The monoisotopic (exact) mass is 322 g/mol. The van der Waals surface area contributed by atoms with E-state index in [1.807, 2.05) is 6.07 Å². The van der Waals surface area contributed by atoms with Crippen molar-refractivity contribution in [1.29, 1.82) is 0 Å². The van der Waals surface area contributed by atoms with Crippen LogP contribution in [0.4, 0.5) is 11.4 Å². The van der Waals surface area contributed by atoms with Crippen LogP contribution in [-0.2, 0) is 16.4 Å². The van der Waals surface area contributed by atoms with Gasteiger partial charge in [0.2, 0.25) is 0 Å². The lowest BCUT2D eigenvalue weighted by atomic mass is 10.2. The zero-order valence-corrected chi connectivity index (χ0v) is 13.5. The van der Waals surface area contributed by atoms with Gasteiger partial charge in [-0.1, -0.05) is 6.07 Å². The van der Waals surface area contributed by atoms with Gasteiger partial charge in [-0.2, -0.15) is 11.3 Å². The first kappa shape index (κ1) is 14.4. The van der Waals surface area contributed by atoms with Gasteiger partial charge in [-0.3, -0.25) is 0 Å². The zero-order valence-electron chi connectivity index (χ0n) is 11.8. The molecule has 0 bridgehead atoms. The fourth-order valence-electron chi connectivity index (χ4n) is 2.48. The summed E-state index contributed by atoms with van der Waals surface area (Å²) in [6.45, 7) is 0.769. The van der Waals surface area contributed by atoms with E-state index in [0.717, 1.165) is 25.1 Å². The second kappa shape index (κ2) is 5.35. The highest BCUT2D eigenvalue weighted by atomic mass is 32.2. The minimum absolute atomic E-state index is 0.218. The van der Waals surface area contributed by atoms with Crippen LogP contribution >= 0.6 is 11.3 Å². The topological polar surface area (TPSA) is 63.4 Å². The molecule has 0 atom stereocenters. The summed E-state index contributed by atoms with van der Waals surface area (Å²) in [6.07, 6.45) is 3.46. The highest BCUT2D eigenvalue weighted by molar-refractivity contribution is 7.90. The molecule has 0 aliphatic heterocycles. The normalized spacial score (nSPS) is 15.1. The van der Waals surface area contributed by atoms with Crippen LogP contribution in [0, 0.1) is 0 Å². The predicted octanol–water partition coefficient (Wildman–Crippen LogP) is 2.90. The van der Waals surface area contributed by atoms with Gasteiger partial charge in [-0.25, -0.2) is 8.42 Å². The predicted molar refractivity (Wildman–Crippen MR) is 87.5 cm³/mol. The standard InChI is InChI=1S/C15H18N2O2S2/c1-21(18,19)14-4-2-3-13(15(14)16)17(12-5-6-12)9-11-7-8-20-10-11/h2-4,7-8,10,12H,5-6,9,16H2,1H3. The Balaban J connectivity index is 2.00. The van der Waals surface area contributed by atoms with E-state index in [0.29, 0.717) is 11.7 Å². The molecule has 6 heteroatoms. The van der Waals surface area contributed by atoms with Crippen LogP contribution in [0.2, 0.25) is 0 Å². The van der Waals surface area contributed by atoms with Gasteiger partial charge in [0.25, 0.3) is 0 Å². The third kappa shape index (κ3) is 3.06. The molecule has 1 saturated carbocycles. The first-order valence-electron chi connectivity index (χ1n) is 6.83. The largest absolute Gasteiger partial charge is 0.396 e. The Hall–Kier alpha value is -1.53. The number of sulfone groups is 1. The van der Waals surface area contributed by atoms with Gasteiger partial charge in [0.1, 0.15) is 0 Å². The molecule has 1 aliphatic carbocycles. The number of para-hydroxylation sites is 1. The molecule has 2 N–H and O–H groups in total. The molecular weight excluding hydrogens is 304 g/mol. The van der Waals surface area contributed by atoms with Crippen molar-refractivity contribution in [2.75, 3.05) is 16.9 Å². The maximum absolute atomic E-state index is 11.8. The van der Waals surface area contributed by atoms with Gasteiger partial charge in [-0.15, -0.1) is 0 Å². The van der Waals surface area contributed by atoms with Gasteiger partial charge in [0, 0.05) is 18.8 Å². The van der Waals surface area contributed by atoms with E-state index in [4.69, 9.17) is 5.73 Å². The van der Waals surface area contributed by atoms with E-state index >= 15 is 0 Å². The molecule has 1 heterocycles. The molecule has 0 spiro atoms. The van der Waals surface area contributed by atoms with Crippen molar-refractivity contribution < 1.29 is 8.42 Å². The Morgan fingerprint density at radius 2 is 2.10 bits per heavy atom. The number of nitrogens with zero attached hydrogens (tertiary/aromatic N) is 1. The van der Waals surface area contributed by atoms with Crippen molar-refractivity contribution in [2.45, 2.75) is 30.3 Å². The van der Waals surface area contributed by atoms with E-state index in [2.05, 4.69) is 21.7 Å². The number of nitrogen functional groups attached to an aromatic ring is 1. The lowest BCUT2D eigenvalue weighted by Crippen LogP contribution is -2.26. The summed E-state index contributed by atoms with van der Waals surface area (Å²) in [5.74, 6) is 0. The molecule has 2 aromatic rings. The fourth-order valence-corrected chi connectivity index (χ4v) is 3.97. The maximum atomic E-state index is 11.8. The van der Waals surface area contributed by atoms with Crippen molar-refractivity contribution in [1.82, 2.24) is 0 Å². The zero-order chi connectivity index (χ0) is 15.0. The van der Waals surface area contributed by atoms with Crippen LogP contribution in [0.25, 0.3) is 0 Å². The molecular formula is C15H18N2O2S2. The summed E-state index contributed by atoms with van der Waals surface area (Å²) in [5.41, 5.74) is 8.57. The molecule has 1 fully saturated rings. The van der Waals surface area contributed by atoms with Crippen LogP contribution in [0.1, 0.15) is 18.4 Å². The second-order valence-electron chi connectivity index (χ2n) is 5.45. The SMILES string of the molecule is CS(=O)(=O)c1cccc(N(Cc2ccsc2)C2CC2)c1N. The fraction of sp³-hybridized carbons (Fsp3) is 0.333. The maximum Gasteiger partial charge on any atom is 0.177 e. The number of nitrogens with two attached hydrogens (primary N) is 1. The molecule has 3 rings (SSSR count). The second-order valence-corrected chi connectivity index (χ2v) is 8.22. The third-order valence-electron chi connectivity index (χ3n) is 3.67. The van der Waals surface area contributed by atoms with Crippen molar-refractivity contribution in [3.63, 3.8) is 0 Å². The van der Waals surface area contributed by atoms with Crippen molar-refractivity contribution in [3.8, 4) is 0 Å². The average molecular weight is 322 g/mol. The number of anilines is 2. The number of benzene rings is 1. The van der Waals surface area contributed by atoms with Crippen molar-refractivity contribution in [3.05, 3.63) is 40.6 Å². The van der Waals surface area contributed by atoms with E-state index in [1.165, 1.54) is 11.8 Å². The summed E-state index contributed by atoms with van der Waals surface area (Å²) < 4.78 is 23.7. The van der Waals surface area contributed by atoms with Crippen molar-refractivity contribution >= 4 is 32.5 Å². The van der Waals surface area contributed by atoms with Crippen molar-refractivity contribution in [2.24, 2.45) is 0 Å². The van der Waals surface area contributed by atoms with Crippen LogP contribution in [0.3, 0.4) is 0 Å². The third-order valence-corrected chi connectivity index (χ3v) is 5.56. The summed E-state index contributed by atoms with van der Waals surface area (Å²) in [4.78, 5) is 2.45. The first-order valence-corrected chi connectivity index (χ1v) is 9.66. The molecule has 0 amide bonds. The number of thiophene rings is 1. The molecule has 21 heavy (non-hydrogen) atoms. The number of hydrogen-bond donors (Lipinski definition) is 1. The lowest BCUT2D eigenvalue weighted by molar-refractivity contribution is 0.602. The molecule has 112 valence electrons. The smallest absolute Gasteiger partial charge is 0.177 e. The Bertz CT molecular complexity index is 735. The summed E-state index contributed by atoms with van der Waals surface area (Å²) in [7, 11) is -3.31. The molecule has 1 aromatic heterocycles. The molecule has 1 aliphatic rings. The van der Waals surface area contributed by atoms with Gasteiger partial charge in [0.15, 0.2) is 9.84 Å². The summed E-state index contributed by atoms with van der Waals surface area (Å²) in [6, 6.07) is 7.81. The van der Waals surface area contributed by atoms with Crippen LogP contribution in [0.5, 0.6) is 0 Å². The highest BCUT2D eigenvalue weighted by Crippen LogP contribution is 2.38. The van der Waals surface area contributed by atoms with E-state index in [-0.39, 0.29) is 4.90 Å². The lowest BCUT2D eigenvalue weighted by Gasteiger charge is -2.26. The van der Waals surface area contributed by atoms with Crippen LogP contribution < -0.4 is 10.6 Å². The first-order chi connectivity index (χ1) is 9.97. The molecule has 0 saturated heterocycles. The van der Waals surface area contributed by atoms with Gasteiger partial charge < -0.3 is 10.6 Å². The van der Waals surface area contributed by atoms with E-state index < -0.39 is 9.84 Å². The highest BCUT2D eigenvalue weighted by Gasteiger charge is 2.31. The Morgan fingerprint density at radius 3 is 2.67 bits per heavy atom. The van der Waals surface area contributed by atoms with Gasteiger partial charge in [-0.05, 0) is 47.4 Å². The minimum Gasteiger partial charge on any atom is -0.396 e. The average Bonchev–Trinajstić information content (AvgIpc) is 3.13. The molecule has 1 aromatic carbocycles. The van der Waals surface area contributed by atoms with Crippen LogP contribution in [0.15, 0.2) is 39.9 Å². The summed E-state index contributed by atoms with van der Waals surface area (Å²) >= 11 is 1.67. The summed E-state index contributed by atoms with van der Waals surface area (Å²) in [5, 5.41) is 4.17. The van der Waals surface area contributed by atoms with E-state index in [9.17, 15) is 8.42 Å². The molecule has 4 nitrogen and oxygen atoms in total.